The van der Waals surface area contributed by atoms with Gasteiger partial charge in [-0.1, -0.05) is 0 Å². The molecule has 1 aromatic heterocycles. The maximum absolute atomic E-state index is 11.8. The number of nitro benzene ring substituents is 1. The Balaban J connectivity index is 2.21. The molecule has 0 spiro atoms. The summed E-state index contributed by atoms with van der Waals surface area (Å²) >= 11 is 0. The first-order valence-electron chi connectivity index (χ1n) is 7.07. The van der Waals surface area contributed by atoms with Crippen molar-refractivity contribution >= 4 is 22.5 Å². The van der Waals surface area contributed by atoms with Gasteiger partial charge in [0.15, 0.2) is 0 Å². The third kappa shape index (κ3) is 2.57. The number of amides is 1. The van der Waals surface area contributed by atoms with Gasteiger partial charge in [0.25, 0.3) is 11.6 Å². The fourth-order valence-electron chi connectivity index (χ4n) is 2.56. The van der Waals surface area contributed by atoms with Gasteiger partial charge < -0.3 is 10.3 Å². The van der Waals surface area contributed by atoms with Crippen molar-refractivity contribution in [1.82, 2.24) is 10.3 Å². The highest BCUT2D eigenvalue weighted by molar-refractivity contribution is 6.02. The summed E-state index contributed by atoms with van der Waals surface area (Å²) < 4.78 is 0. The van der Waals surface area contributed by atoms with Gasteiger partial charge in [-0.25, -0.2) is 0 Å². The van der Waals surface area contributed by atoms with Gasteiger partial charge in [-0.3, -0.25) is 14.9 Å². The van der Waals surface area contributed by atoms with Crippen LogP contribution in [0, 0.1) is 21.4 Å². The van der Waals surface area contributed by atoms with Crippen LogP contribution in [-0.2, 0) is 0 Å². The first-order chi connectivity index (χ1) is 11.5. The standard InChI is InChI=1S/C17H12N4O3/c1-19-17(22)15-8-12-6-10(9-18)7-14(16(12)20-15)11-2-4-13(5-3-11)21(23)24/h2-8,20H,1H3,(H,19,22). The van der Waals surface area contributed by atoms with Crippen LogP contribution in [0.1, 0.15) is 16.1 Å². The Morgan fingerprint density at radius 1 is 1.25 bits per heavy atom. The molecule has 0 saturated heterocycles. The lowest BCUT2D eigenvalue weighted by atomic mass is 10.00. The number of nitriles is 1. The molecule has 0 atom stereocenters. The summed E-state index contributed by atoms with van der Waals surface area (Å²) in [4.78, 5) is 25.2. The van der Waals surface area contributed by atoms with E-state index in [4.69, 9.17) is 0 Å². The Morgan fingerprint density at radius 2 is 1.96 bits per heavy atom. The molecule has 0 aliphatic carbocycles. The van der Waals surface area contributed by atoms with E-state index in [1.54, 1.807) is 30.3 Å². The number of hydrogen-bond acceptors (Lipinski definition) is 4. The predicted octanol–water partition coefficient (Wildman–Crippen LogP) is 2.97. The largest absolute Gasteiger partial charge is 0.354 e. The van der Waals surface area contributed by atoms with Crippen molar-refractivity contribution in [3.8, 4) is 17.2 Å². The lowest BCUT2D eigenvalue weighted by molar-refractivity contribution is -0.384. The van der Waals surface area contributed by atoms with Gasteiger partial charge >= 0.3 is 0 Å². The molecule has 0 fully saturated rings. The Kier molecular flexibility index (Phi) is 3.72. The minimum atomic E-state index is -0.469. The second-order valence-corrected chi connectivity index (χ2v) is 5.17. The normalized spacial score (nSPS) is 10.3. The Bertz CT molecular complexity index is 997. The van der Waals surface area contributed by atoms with Crippen molar-refractivity contribution < 1.29 is 9.72 Å². The highest BCUT2D eigenvalue weighted by Gasteiger charge is 2.14. The quantitative estimate of drug-likeness (QED) is 0.570. The van der Waals surface area contributed by atoms with E-state index < -0.39 is 4.92 Å². The summed E-state index contributed by atoms with van der Waals surface area (Å²) in [5.41, 5.74) is 2.93. The highest BCUT2D eigenvalue weighted by Crippen LogP contribution is 2.31. The van der Waals surface area contributed by atoms with Gasteiger partial charge in [-0.05, 0) is 35.9 Å². The molecule has 0 aliphatic rings. The van der Waals surface area contributed by atoms with Crippen molar-refractivity contribution in [2.75, 3.05) is 7.05 Å². The molecular formula is C17H12N4O3. The minimum absolute atomic E-state index is 0.0102. The van der Waals surface area contributed by atoms with Crippen molar-refractivity contribution in [3.05, 3.63) is 63.8 Å². The number of aromatic amines is 1. The van der Waals surface area contributed by atoms with Crippen molar-refractivity contribution in [3.63, 3.8) is 0 Å². The molecule has 24 heavy (non-hydrogen) atoms. The molecule has 2 aromatic carbocycles. The highest BCUT2D eigenvalue weighted by atomic mass is 16.6. The fraction of sp³-hybridized carbons (Fsp3) is 0.0588. The van der Waals surface area contributed by atoms with Gasteiger partial charge in [0.2, 0.25) is 0 Å². The summed E-state index contributed by atoms with van der Waals surface area (Å²) in [5.74, 6) is -0.264. The number of benzene rings is 2. The molecule has 0 radical (unpaired) electrons. The molecule has 2 N–H and O–H groups in total. The van der Waals surface area contributed by atoms with E-state index in [1.165, 1.54) is 19.2 Å². The van der Waals surface area contributed by atoms with Crippen molar-refractivity contribution in [1.29, 1.82) is 5.26 Å². The third-order valence-electron chi connectivity index (χ3n) is 3.72. The molecule has 0 saturated carbocycles. The maximum atomic E-state index is 11.8. The molecule has 3 rings (SSSR count). The molecule has 3 aromatic rings. The Hall–Kier alpha value is -3.66. The number of carbonyl (C=O) groups is 1. The Labute approximate surface area is 136 Å². The Morgan fingerprint density at radius 3 is 2.54 bits per heavy atom. The van der Waals surface area contributed by atoms with E-state index in [2.05, 4.69) is 16.4 Å². The fourth-order valence-corrected chi connectivity index (χ4v) is 2.56. The molecule has 1 amide bonds. The molecule has 0 aliphatic heterocycles. The number of carbonyl (C=O) groups excluding carboxylic acids is 1. The van der Waals surface area contributed by atoms with E-state index >= 15 is 0 Å². The number of nitrogens with zero attached hydrogens (tertiary/aromatic N) is 2. The van der Waals surface area contributed by atoms with Crippen LogP contribution in [0.3, 0.4) is 0 Å². The average Bonchev–Trinajstić information content (AvgIpc) is 3.04. The van der Waals surface area contributed by atoms with Crippen LogP contribution in [-0.4, -0.2) is 22.9 Å². The lowest BCUT2D eigenvalue weighted by Crippen LogP contribution is -2.17. The second kappa shape index (κ2) is 5.85. The number of nitrogens with one attached hydrogen (secondary N) is 2. The van der Waals surface area contributed by atoms with Crippen LogP contribution < -0.4 is 5.32 Å². The van der Waals surface area contributed by atoms with Crippen molar-refractivity contribution in [2.24, 2.45) is 0 Å². The third-order valence-corrected chi connectivity index (χ3v) is 3.72. The summed E-state index contributed by atoms with van der Waals surface area (Å²) in [6, 6.07) is 13.2. The maximum Gasteiger partial charge on any atom is 0.269 e. The smallest absolute Gasteiger partial charge is 0.269 e. The van der Waals surface area contributed by atoms with E-state index in [1.807, 2.05) is 0 Å². The number of aromatic nitrogens is 1. The van der Waals surface area contributed by atoms with Crippen LogP contribution in [0.2, 0.25) is 0 Å². The zero-order valence-corrected chi connectivity index (χ0v) is 12.7. The van der Waals surface area contributed by atoms with E-state index in [0.29, 0.717) is 27.9 Å². The van der Waals surface area contributed by atoms with Gasteiger partial charge in [-0.15, -0.1) is 0 Å². The SMILES string of the molecule is CNC(=O)c1cc2cc(C#N)cc(-c3ccc([N+](=O)[O-])cc3)c2[nH]1. The monoisotopic (exact) mass is 320 g/mol. The van der Waals surface area contributed by atoms with Crippen LogP contribution >= 0.6 is 0 Å². The lowest BCUT2D eigenvalue weighted by Gasteiger charge is -2.05. The number of non-ortho nitro benzene ring substituents is 1. The van der Waals surface area contributed by atoms with Gasteiger partial charge in [-0.2, -0.15) is 5.26 Å². The summed E-state index contributed by atoms with van der Waals surface area (Å²) in [5, 5.41) is 23.3. The van der Waals surface area contributed by atoms with Gasteiger partial charge in [0.1, 0.15) is 5.69 Å². The van der Waals surface area contributed by atoms with Gasteiger partial charge in [0, 0.05) is 30.1 Å². The summed E-state index contributed by atoms with van der Waals surface area (Å²) in [7, 11) is 1.53. The first kappa shape index (κ1) is 15.2. The second-order valence-electron chi connectivity index (χ2n) is 5.17. The zero-order chi connectivity index (χ0) is 17.3. The number of H-pyrrole nitrogens is 1. The van der Waals surface area contributed by atoms with Crippen LogP contribution in [0.25, 0.3) is 22.0 Å². The molecule has 7 nitrogen and oxygen atoms in total. The van der Waals surface area contributed by atoms with Crippen molar-refractivity contribution in [2.45, 2.75) is 0 Å². The number of nitro groups is 1. The molecule has 7 heteroatoms. The minimum Gasteiger partial charge on any atom is -0.354 e. The molecule has 118 valence electrons. The van der Waals surface area contributed by atoms with E-state index in [0.717, 1.165) is 5.39 Å². The van der Waals surface area contributed by atoms with Crippen LogP contribution in [0.15, 0.2) is 42.5 Å². The number of rotatable bonds is 3. The number of fused-ring (bicyclic) bond motifs is 1. The topological polar surface area (TPSA) is 112 Å². The molecule has 0 unspecified atom stereocenters. The van der Waals surface area contributed by atoms with Crippen LogP contribution in [0.4, 0.5) is 5.69 Å². The molecular weight excluding hydrogens is 308 g/mol. The summed E-state index contributed by atoms with van der Waals surface area (Å²) in [6.45, 7) is 0. The average molecular weight is 320 g/mol. The van der Waals surface area contributed by atoms with Crippen LogP contribution in [0.5, 0.6) is 0 Å². The molecule has 0 bridgehead atoms. The number of hydrogen-bond donors (Lipinski definition) is 2. The first-order valence-corrected chi connectivity index (χ1v) is 7.07. The summed E-state index contributed by atoms with van der Waals surface area (Å²) in [6.07, 6.45) is 0. The van der Waals surface area contributed by atoms with Gasteiger partial charge in [0.05, 0.1) is 22.1 Å². The predicted molar refractivity (Wildman–Crippen MR) is 88.5 cm³/mol. The van der Waals surface area contributed by atoms with E-state index in [-0.39, 0.29) is 11.6 Å². The zero-order valence-electron chi connectivity index (χ0n) is 12.7. The van der Waals surface area contributed by atoms with E-state index in [9.17, 15) is 20.2 Å². The molecule has 1 heterocycles.